The molecule has 0 aromatic heterocycles. The van der Waals surface area contributed by atoms with Crippen LogP contribution in [-0.2, 0) is 10.2 Å². The largest absolute Gasteiger partial charge is 0.331 e. The minimum absolute atomic E-state index is 0.164. The third-order valence-corrected chi connectivity index (χ3v) is 6.30. The molecule has 0 aliphatic carbocycles. The van der Waals surface area contributed by atoms with Gasteiger partial charge < -0.3 is 16.0 Å². The van der Waals surface area contributed by atoms with E-state index in [-0.39, 0.29) is 22.3 Å². The van der Waals surface area contributed by atoms with Crippen molar-refractivity contribution in [2.45, 2.75) is 25.3 Å². The van der Waals surface area contributed by atoms with Crippen molar-refractivity contribution in [1.82, 2.24) is 5.32 Å². The molecule has 8 heteroatoms. The number of carbonyl (C=O) groups excluding carboxylic acids is 3. The van der Waals surface area contributed by atoms with Gasteiger partial charge in [-0.1, -0.05) is 65.7 Å². The van der Waals surface area contributed by atoms with Gasteiger partial charge in [-0.2, -0.15) is 0 Å². The summed E-state index contributed by atoms with van der Waals surface area (Å²) in [6, 6.07) is 18.6. The molecule has 1 aliphatic rings. The second-order valence-corrected chi connectivity index (χ2v) is 8.87. The van der Waals surface area contributed by atoms with Crippen LogP contribution in [0.1, 0.15) is 41.4 Å². The van der Waals surface area contributed by atoms with Crippen LogP contribution in [0.3, 0.4) is 0 Å². The van der Waals surface area contributed by atoms with Crippen LogP contribution in [0.2, 0.25) is 10.0 Å². The lowest BCUT2D eigenvalue weighted by Gasteiger charge is -2.33. The number of ketones is 1. The maximum atomic E-state index is 13.4. The van der Waals surface area contributed by atoms with E-state index in [2.05, 4.69) is 16.0 Å². The highest BCUT2D eigenvalue weighted by molar-refractivity contribution is 6.41. The molecule has 3 N–H and O–H groups in total. The summed E-state index contributed by atoms with van der Waals surface area (Å²) in [5, 5.41) is 8.86. The molecular weight excluding hydrogens is 461 g/mol. The molecule has 0 saturated heterocycles. The van der Waals surface area contributed by atoms with Gasteiger partial charge in [0.1, 0.15) is 5.41 Å². The van der Waals surface area contributed by atoms with Gasteiger partial charge in [-0.25, -0.2) is 4.79 Å². The van der Waals surface area contributed by atoms with Gasteiger partial charge in [0.05, 0.1) is 22.3 Å². The van der Waals surface area contributed by atoms with Crippen molar-refractivity contribution < 1.29 is 14.4 Å². The molecule has 1 aliphatic heterocycles. The Morgan fingerprint density at radius 2 is 1.73 bits per heavy atom. The van der Waals surface area contributed by atoms with E-state index >= 15 is 0 Å². The highest BCUT2D eigenvalue weighted by Gasteiger charge is 2.48. The van der Waals surface area contributed by atoms with Crippen LogP contribution in [0.25, 0.3) is 0 Å². The Kier molecular flexibility index (Phi) is 6.15. The van der Waals surface area contributed by atoms with Crippen LogP contribution >= 0.6 is 23.2 Å². The van der Waals surface area contributed by atoms with E-state index in [1.807, 2.05) is 37.3 Å². The standard InChI is InChI=1S/C25H21Cl2N3O3/c1-14(15-7-4-3-5-8-15)28-24(33)29-18-10-6-9-16(11-18)25(2)22(31)21-19(27)12-17(26)13-20(21)30-23(25)32/h3-14H,1-2H3,(H,30,32)(H2,28,29,33)/t14-,25?/m0/s1. The Hall–Kier alpha value is -3.35. The summed E-state index contributed by atoms with van der Waals surface area (Å²) in [5.74, 6) is -0.945. The number of fused-ring (bicyclic) bond motifs is 1. The molecule has 33 heavy (non-hydrogen) atoms. The molecular formula is C25H21Cl2N3O3. The fraction of sp³-hybridized carbons (Fsp3) is 0.160. The van der Waals surface area contributed by atoms with Gasteiger partial charge in [-0.05, 0) is 49.2 Å². The van der Waals surface area contributed by atoms with Gasteiger partial charge in [0.15, 0.2) is 5.78 Å². The number of urea groups is 1. The molecule has 3 amide bonds. The molecule has 4 rings (SSSR count). The number of amides is 3. The summed E-state index contributed by atoms with van der Waals surface area (Å²) >= 11 is 12.3. The second-order valence-electron chi connectivity index (χ2n) is 8.03. The summed E-state index contributed by atoms with van der Waals surface area (Å²) in [6.45, 7) is 3.42. The zero-order chi connectivity index (χ0) is 23.8. The predicted octanol–water partition coefficient (Wildman–Crippen LogP) is 5.97. The maximum Gasteiger partial charge on any atom is 0.319 e. The number of anilines is 2. The van der Waals surface area contributed by atoms with Gasteiger partial charge in [0.25, 0.3) is 0 Å². The van der Waals surface area contributed by atoms with E-state index in [0.717, 1.165) is 5.56 Å². The van der Waals surface area contributed by atoms with Crippen LogP contribution in [-0.4, -0.2) is 17.7 Å². The van der Waals surface area contributed by atoms with Crippen molar-refractivity contribution in [2.75, 3.05) is 10.6 Å². The SMILES string of the molecule is C[C@H](NC(=O)Nc1cccc(C2(C)C(=O)Nc3cc(Cl)cc(Cl)c3C2=O)c1)c1ccccc1. The topological polar surface area (TPSA) is 87.3 Å². The Bertz CT molecular complexity index is 1260. The van der Waals surface area contributed by atoms with Gasteiger partial charge >= 0.3 is 6.03 Å². The quantitative estimate of drug-likeness (QED) is 0.401. The first-order chi connectivity index (χ1) is 15.7. The van der Waals surface area contributed by atoms with Crippen molar-refractivity contribution in [2.24, 2.45) is 0 Å². The predicted molar refractivity (Wildman–Crippen MR) is 130 cm³/mol. The summed E-state index contributed by atoms with van der Waals surface area (Å²) in [7, 11) is 0. The zero-order valence-corrected chi connectivity index (χ0v) is 19.4. The molecule has 2 atom stereocenters. The van der Waals surface area contributed by atoms with Gasteiger partial charge in [-0.3, -0.25) is 9.59 Å². The van der Waals surface area contributed by atoms with Crippen molar-refractivity contribution in [3.8, 4) is 0 Å². The molecule has 168 valence electrons. The molecule has 3 aromatic rings. The normalized spacial score (nSPS) is 18.2. The summed E-state index contributed by atoms with van der Waals surface area (Å²) in [6.07, 6.45) is 0. The first-order valence-corrected chi connectivity index (χ1v) is 11.0. The van der Waals surface area contributed by atoms with Crippen LogP contribution in [0, 0.1) is 0 Å². The van der Waals surface area contributed by atoms with Crippen molar-refractivity contribution in [3.63, 3.8) is 0 Å². The number of carbonyl (C=O) groups is 3. The van der Waals surface area contributed by atoms with E-state index in [0.29, 0.717) is 16.3 Å². The minimum Gasteiger partial charge on any atom is -0.331 e. The number of rotatable bonds is 4. The first kappa shape index (κ1) is 22.8. The number of halogens is 2. The Labute approximate surface area is 201 Å². The monoisotopic (exact) mass is 481 g/mol. The summed E-state index contributed by atoms with van der Waals surface area (Å²) in [5.41, 5.74) is 0.792. The van der Waals surface area contributed by atoms with E-state index in [1.165, 1.54) is 19.1 Å². The average molecular weight is 482 g/mol. The highest BCUT2D eigenvalue weighted by atomic mass is 35.5. The molecule has 6 nitrogen and oxygen atoms in total. The summed E-state index contributed by atoms with van der Waals surface area (Å²) < 4.78 is 0. The van der Waals surface area contributed by atoms with Crippen molar-refractivity contribution in [3.05, 3.63) is 93.5 Å². The van der Waals surface area contributed by atoms with Crippen LogP contribution in [0.15, 0.2) is 66.7 Å². The lowest BCUT2D eigenvalue weighted by Crippen LogP contribution is -2.48. The zero-order valence-electron chi connectivity index (χ0n) is 17.9. The number of nitrogens with one attached hydrogen (secondary N) is 3. The Morgan fingerprint density at radius 1 is 1.00 bits per heavy atom. The molecule has 1 heterocycles. The Balaban J connectivity index is 1.58. The fourth-order valence-corrected chi connectivity index (χ4v) is 4.44. The molecule has 3 aromatic carbocycles. The van der Waals surface area contributed by atoms with Gasteiger partial charge in [0, 0.05) is 10.7 Å². The molecule has 1 unspecified atom stereocenters. The molecule has 0 saturated carbocycles. The number of hydrogen-bond donors (Lipinski definition) is 3. The van der Waals surface area contributed by atoms with Crippen LogP contribution in [0.5, 0.6) is 0 Å². The highest BCUT2D eigenvalue weighted by Crippen LogP contribution is 2.41. The third kappa shape index (κ3) is 4.32. The van der Waals surface area contributed by atoms with Crippen molar-refractivity contribution >= 4 is 52.3 Å². The summed E-state index contributed by atoms with van der Waals surface area (Å²) in [4.78, 5) is 39.0. The van der Waals surface area contributed by atoms with Gasteiger partial charge in [0.2, 0.25) is 5.91 Å². The maximum absolute atomic E-state index is 13.4. The molecule has 0 radical (unpaired) electrons. The third-order valence-electron chi connectivity index (χ3n) is 5.78. The number of hydrogen-bond acceptors (Lipinski definition) is 3. The first-order valence-electron chi connectivity index (χ1n) is 10.3. The van der Waals surface area contributed by atoms with Crippen molar-refractivity contribution in [1.29, 1.82) is 0 Å². The molecule has 0 bridgehead atoms. The Morgan fingerprint density at radius 3 is 2.45 bits per heavy atom. The fourth-order valence-electron chi connectivity index (χ4n) is 3.86. The van der Waals surface area contributed by atoms with E-state index in [1.54, 1.807) is 24.3 Å². The van der Waals surface area contributed by atoms with E-state index < -0.39 is 23.1 Å². The lowest BCUT2D eigenvalue weighted by molar-refractivity contribution is -0.119. The number of Topliss-reactive ketones (excluding diaryl/α,β-unsaturated/α-hetero) is 1. The van der Waals surface area contributed by atoms with Crippen LogP contribution < -0.4 is 16.0 Å². The molecule has 0 spiro atoms. The van der Waals surface area contributed by atoms with E-state index in [4.69, 9.17) is 23.2 Å². The van der Waals surface area contributed by atoms with Crippen LogP contribution in [0.4, 0.5) is 16.2 Å². The number of benzene rings is 3. The van der Waals surface area contributed by atoms with Gasteiger partial charge in [-0.15, -0.1) is 0 Å². The second kappa shape index (κ2) is 8.89. The van der Waals surface area contributed by atoms with E-state index in [9.17, 15) is 14.4 Å². The minimum atomic E-state index is -1.53. The smallest absolute Gasteiger partial charge is 0.319 e. The average Bonchev–Trinajstić information content (AvgIpc) is 2.77. The molecule has 0 fully saturated rings. The lowest BCUT2D eigenvalue weighted by atomic mass is 9.73.